The lowest BCUT2D eigenvalue weighted by atomic mass is 10.1. The van der Waals surface area contributed by atoms with Crippen molar-refractivity contribution in [3.8, 4) is 6.19 Å². The van der Waals surface area contributed by atoms with Crippen molar-refractivity contribution in [1.29, 1.82) is 5.26 Å². The molecule has 0 saturated carbocycles. The number of nitrogens with one attached hydrogen (secondary N) is 2. The predicted octanol–water partition coefficient (Wildman–Crippen LogP) is 3.10. The molecular formula is C14H14BrN5. The van der Waals surface area contributed by atoms with Gasteiger partial charge in [0.05, 0.1) is 0 Å². The first-order valence-corrected chi connectivity index (χ1v) is 6.96. The smallest absolute Gasteiger partial charge is 0.182 e. The minimum absolute atomic E-state index is 0.505. The molecule has 0 aliphatic rings. The second kappa shape index (κ2) is 6.87. The van der Waals surface area contributed by atoms with Crippen molar-refractivity contribution in [2.24, 2.45) is 0 Å². The van der Waals surface area contributed by atoms with Crippen molar-refractivity contribution >= 4 is 27.6 Å². The van der Waals surface area contributed by atoms with Gasteiger partial charge in [-0.05, 0) is 31.0 Å². The van der Waals surface area contributed by atoms with Crippen LogP contribution in [-0.4, -0.2) is 16.5 Å². The highest BCUT2D eigenvalue weighted by molar-refractivity contribution is 9.10. The van der Waals surface area contributed by atoms with Crippen molar-refractivity contribution in [2.75, 3.05) is 17.2 Å². The van der Waals surface area contributed by atoms with Crippen LogP contribution in [0.5, 0.6) is 0 Å². The summed E-state index contributed by atoms with van der Waals surface area (Å²) in [6.45, 7) is 2.56. The Morgan fingerprint density at radius 2 is 2.05 bits per heavy atom. The molecule has 1 heterocycles. The molecule has 0 bridgehead atoms. The molecule has 102 valence electrons. The van der Waals surface area contributed by atoms with E-state index in [9.17, 15) is 0 Å². The van der Waals surface area contributed by atoms with Crippen LogP contribution < -0.4 is 10.6 Å². The Bertz CT molecular complexity index is 636. The van der Waals surface area contributed by atoms with E-state index < -0.39 is 0 Å². The first-order chi connectivity index (χ1) is 9.67. The van der Waals surface area contributed by atoms with E-state index in [0.717, 1.165) is 17.4 Å². The average molecular weight is 332 g/mol. The molecule has 2 aromatic rings. The van der Waals surface area contributed by atoms with Gasteiger partial charge in [0, 0.05) is 17.1 Å². The number of hydrogen-bond acceptors (Lipinski definition) is 5. The first kappa shape index (κ1) is 14.3. The molecule has 0 radical (unpaired) electrons. The largest absolute Gasteiger partial charge is 0.370 e. The number of benzene rings is 1. The van der Waals surface area contributed by atoms with Crippen molar-refractivity contribution in [2.45, 2.75) is 13.3 Å². The third-order valence-corrected chi connectivity index (χ3v) is 3.12. The number of nitrogens with zero attached hydrogens (tertiary/aromatic N) is 3. The molecule has 6 heteroatoms. The minimum atomic E-state index is 0.505. The van der Waals surface area contributed by atoms with Gasteiger partial charge >= 0.3 is 0 Å². The Morgan fingerprint density at radius 1 is 1.25 bits per heavy atom. The number of nitriles is 1. The zero-order chi connectivity index (χ0) is 14.4. The summed E-state index contributed by atoms with van der Waals surface area (Å²) in [6.07, 6.45) is 2.75. The average Bonchev–Trinajstić information content (AvgIpc) is 2.38. The van der Waals surface area contributed by atoms with Crippen LogP contribution in [-0.2, 0) is 6.42 Å². The lowest BCUT2D eigenvalue weighted by Gasteiger charge is -2.08. The van der Waals surface area contributed by atoms with Gasteiger partial charge in [0.25, 0.3) is 0 Å². The molecule has 1 aromatic carbocycles. The zero-order valence-corrected chi connectivity index (χ0v) is 12.6. The van der Waals surface area contributed by atoms with Crippen LogP contribution in [0.2, 0.25) is 0 Å². The lowest BCUT2D eigenvalue weighted by Crippen LogP contribution is -2.08. The second-order valence-corrected chi connectivity index (χ2v) is 5.14. The highest BCUT2D eigenvalue weighted by Gasteiger charge is 2.01. The minimum Gasteiger partial charge on any atom is -0.370 e. The van der Waals surface area contributed by atoms with Crippen LogP contribution in [0, 0.1) is 18.4 Å². The number of aryl methyl sites for hydroxylation is 1. The van der Waals surface area contributed by atoms with Gasteiger partial charge in [-0.1, -0.05) is 28.1 Å². The van der Waals surface area contributed by atoms with E-state index in [4.69, 9.17) is 5.26 Å². The Balaban J connectivity index is 1.95. The van der Waals surface area contributed by atoms with Crippen LogP contribution in [0.3, 0.4) is 0 Å². The van der Waals surface area contributed by atoms with E-state index >= 15 is 0 Å². The fourth-order valence-corrected chi connectivity index (χ4v) is 2.25. The Morgan fingerprint density at radius 3 is 2.80 bits per heavy atom. The highest BCUT2D eigenvalue weighted by Crippen LogP contribution is 2.13. The van der Waals surface area contributed by atoms with Gasteiger partial charge in [-0.2, -0.15) is 5.26 Å². The maximum atomic E-state index is 8.61. The summed E-state index contributed by atoms with van der Waals surface area (Å²) in [5.74, 6) is 1.84. The number of anilines is 2. The quantitative estimate of drug-likeness (QED) is 0.650. The summed E-state index contributed by atoms with van der Waals surface area (Å²) in [7, 11) is 0. The van der Waals surface area contributed by atoms with E-state index in [1.165, 1.54) is 5.56 Å². The number of rotatable bonds is 5. The van der Waals surface area contributed by atoms with Crippen LogP contribution in [0.15, 0.2) is 34.8 Å². The van der Waals surface area contributed by atoms with Gasteiger partial charge < -0.3 is 5.32 Å². The summed E-state index contributed by atoms with van der Waals surface area (Å²) >= 11 is 3.46. The third-order valence-electron chi connectivity index (χ3n) is 2.63. The van der Waals surface area contributed by atoms with Crippen LogP contribution in [0.1, 0.15) is 11.4 Å². The standard InChI is InChI=1S/C14H14BrN5/c1-10-19-13(8-14(20-10)18-9-16)17-6-5-11-3-2-4-12(15)7-11/h2-4,7-8H,5-6H2,1H3,(H2,17,18,19,20). The maximum Gasteiger partial charge on any atom is 0.182 e. The molecule has 5 nitrogen and oxygen atoms in total. The monoisotopic (exact) mass is 331 g/mol. The van der Waals surface area contributed by atoms with Gasteiger partial charge in [-0.25, -0.2) is 9.97 Å². The molecule has 0 aliphatic heterocycles. The van der Waals surface area contributed by atoms with E-state index in [0.29, 0.717) is 17.5 Å². The number of aromatic nitrogens is 2. The van der Waals surface area contributed by atoms with E-state index in [1.807, 2.05) is 18.3 Å². The zero-order valence-electron chi connectivity index (χ0n) is 11.0. The van der Waals surface area contributed by atoms with Crippen molar-refractivity contribution in [1.82, 2.24) is 9.97 Å². The third kappa shape index (κ3) is 4.21. The molecular weight excluding hydrogens is 318 g/mol. The molecule has 2 N–H and O–H groups in total. The highest BCUT2D eigenvalue weighted by atomic mass is 79.9. The fraction of sp³-hybridized carbons (Fsp3) is 0.214. The summed E-state index contributed by atoms with van der Waals surface area (Å²) in [5.41, 5.74) is 1.24. The summed E-state index contributed by atoms with van der Waals surface area (Å²) < 4.78 is 1.08. The SMILES string of the molecule is Cc1nc(NC#N)cc(NCCc2cccc(Br)c2)n1. The molecule has 0 atom stereocenters. The van der Waals surface area contributed by atoms with Crippen LogP contribution in [0.25, 0.3) is 0 Å². The molecule has 0 spiro atoms. The molecule has 0 fully saturated rings. The van der Waals surface area contributed by atoms with E-state index in [1.54, 1.807) is 13.0 Å². The Labute approximate surface area is 126 Å². The maximum absolute atomic E-state index is 8.61. The van der Waals surface area contributed by atoms with Gasteiger partial charge in [0.1, 0.15) is 17.5 Å². The van der Waals surface area contributed by atoms with E-state index in [2.05, 4.69) is 48.7 Å². The molecule has 2 rings (SSSR count). The Hall–Kier alpha value is -2.13. The van der Waals surface area contributed by atoms with Gasteiger partial charge in [-0.3, -0.25) is 5.32 Å². The van der Waals surface area contributed by atoms with Gasteiger partial charge in [0.15, 0.2) is 6.19 Å². The van der Waals surface area contributed by atoms with Crippen molar-refractivity contribution < 1.29 is 0 Å². The summed E-state index contributed by atoms with van der Waals surface area (Å²) in [4.78, 5) is 8.39. The van der Waals surface area contributed by atoms with Crippen LogP contribution in [0.4, 0.5) is 11.6 Å². The normalized spacial score (nSPS) is 9.85. The second-order valence-electron chi connectivity index (χ2n) is 4.23. The van der Waals surface area contributed by atoms with Crippen molar-refractivity contribution in [3.63, 3.8) is 0 Å². The molecule has 0 aliphatic carbocycles. The van der Waals surface area contributed by atoms with E-state index in [-0.39, 0.29) is 0 Å². The molecule has 0 unspecified atom stereocenters. The summed E-state index contributed by atoms with van der Waals surface area (Å²) in [5, 5.41) is 14.4. The lowest BCUT2D eigenvalue weighted by molar-refractivity contribution is 0.982. The first-order valence-electron chi connectivity index (χ1n) is 6.16. The topological polar surface area (TPSA) is 73.6 Å². The molecule has 20 heavy (non-hydrogen) atoms. The van der Waals surface area contributed by atoms with Crippen molar-refractivity contribution in [3.05, 3.63) is 46.2 Å². The molecule has 0 amide bonds. The fourth-order valence-electron chi connectivity index (χ4n) is 1.81. The number of hydrogen-bond donors (Lipinski definition) is 2. The van der Waals surface area contributed by atoms with Gasteiger partial charge in [-0.15, -0.1) is 0 Å². The van der Waals surface area contributed by atoms with Gasteiger partial charge in [0.2, 0.25) is 0 Å². The predicted molar refractivity (Wildman–Crippen MR) is 82.3 cm³/mol. The Kier molecular flexibility index (Phi) is 4.91. The molecule has 1 aromatic heterocycles. The van der Waals surface area contributed by atoms with Crippen LogP contribution >= 0.6 is 15.9 Å². The number of halogens is 1. The summed E-state index contributed by atoms with van der Waals surface area (Å²) in [6, 6.07) is 9.92. The molecule has 0 saturated heterocycles.